The zero-order valence-electron chi connectivity index (χ0n) is 79.5. The molecular formula is C101H104Cl2F4N36O2. The first kappa shape index (κ1) is 97.8. The molecule has 6 fully saturated rings. The van der Waals surface area contributed by atoms with Crippen LogP contribution in [0, 0.1) is 24.3 Å². The third-order valence-corrected chi connectivity index (χ3v) is 26.1. The summed E-state index contributed by atoms with van der Waals surface area (Å²) in [7, 11) is 5.89. The Labute approximate surface area is 839 Å². The molecule has 9 N–H and O–H groups in total. The minimum atomic E-state index is -0.873. The smallest absolute Gasteiger partial charge is 0.312 e. The molecule has 38 nitrogen and oxygen atoms in total. The van der Waals surface area contributed by atoms with Crippen LogP contribution in [0.25, 0.3) is 67.0 Å². The molecule has 0 bridgehead atoms. The van der Waals surface area contributed by atoms with Gasteiger partial charge >= 0.3 is 24.3 Å². The SMILES string of the molecule is C=C1CC(n2cnc3c(NCc4ccccc4)nc(F)nc32)C(=O)N1.C=C1CC(n2cnc3c(NCc4ccccc4)nc(F)nc32)C(=O)N1C.CN1CCC(n2cnc3c(NCc4ccccc4)nc(Cl)nc32)C1.CN1CCC(n2cnc3c(NCc4ccccc4)nc(F)nc32)C1.Clc1nc(NCc2ccccc2)c2ncn(C3CCNC3)c2n1.Fc1nc(NCc2ccccc2)c2ncn(C3CCNC3)c2n1. The molecule has 6 aromatic carbocycles. The van der Waals surface area contributed by atoms with Gasteiger partial charge in [-0.15, -0.1) is 0 Å². The third-order valence-electron chi connectivity index (χ3n) is 25.8. The fourth-order valence-electron chi connectivity index (χ4n) is 18.2. The molecule has 18 aromatic rings. The second-order valence-electron chi connectivity index (χ2n) is 35.7. The van der Waals surface area contributed by atoms with E-state index in [0.717, 1.165) is 123 Å². The summed E-state index contributed by atoms with van der Waals surface area (Å²) in [6.07, 6.45) is 12.0. The van der Waals surface area contributed by atoms with E-state index in [-0.39, 0.29) is 45.8 Å². The predicted molar refractivity (Wildman–Crippen MR) is 546 cm³/mol. The molecule has 12 aromatic heterocycles. The molecule has 24 rings (SSSR count). The average Bonchev–Trinajstić information content (AvgIpc) is 1.39. The van der Waals surface area contributed by atoms with Crippen LogP contribution in [0.1, 0.15) is 108 Å². The fraction of sp³-hybridized carbons (Fsp3) is 0.287. The van der Waals surface area contributed by atoms with Crippen LogP contribution in [0.4, 0.5) is 52.5 Å². The standard InChI is InChI=1S/C18H17FN6O.C17H19ClN6.C17H15FN6O.C17H19FN6.C16H17ClN6.C16H17FN6/c1-11-8-13(17(26)24(11)2)25-10-21-14-15(22-18(19)23-16(14)25)20-9-12-6-4-3-5-7-12;1-23-8-7-13(10-23)24-11-20-14-15(21-17(18)22-16(14)24)19-9-12-5-3-2-4-6-12;1-10-7-12(16(25)21-10)24-9-20-13-14(22-17(18)23-15(13)24)19-8-11-5-3-2-4-6-11;1-23-8-7-13(10-23)24-11-20-14-15(21-17(18)22-16(14)24)19-9-12-5-3-2-4-6-12;2*17-16-21-14(19-8-11-4-2-1-3-5-11)13-15(22-16)23(10-20-13)12-6-7-18-9-12/h3-7,10,13H,1,8-9H2,2H3,(H,20,22,23);2-6,11,13H,7-10H2,1H3,(H,19,21,22);2-6,9,12H,1,7-8H2,(H,21,25)(H,19,22,23);2-6,11,13H,7-10H2,1H3,(H,19,21,22);2*1-5,10,12,18H,6-9H2,(H,19,21,22). The van der Waals surface area contributed by atoms with Gasteiger partial charge in [0.05, 0.1) is 62.1 Å². The Morgan fingerprint density at radius 3 is 0.862 bits per heavy atom. The molecule has 0 radical (unpaired) electrons. The van der Waals surface area contributed by atoms with Gasteiger partial charge in [0, 0.05) is 96.7 Å². The highest BCUT2D eigenvalue weighted by atomic mass is 35.5. The number of aromatic nitrogens is 24. The van der Waals surface area contributed by atoms with E-state index in [2.05, 4.69) is 208 Å². The molecule has 44 heteroatoms. The van der Waals surface area contributed by atoms with E-state index in [0.29, 0.717) is 144 Å². The van der Waals surface area contributed by atoms with Crippen LogP contribution in [-0.4, -0.2) is 217 Å². The number of nitrogens with one attached hydrogen (secondary N) is 9. The van der Waals surface area contributed by atoms with E-state index in [1.807, 2.05) is 180 Å². The molecule has 2 amide bonds. The number of anilines is 6. The highest BCUT2D eigenvalue weighted by molar-refractivity contribution is 6.29. The summed E-state index contributed by atoms with van der Waals surface area (Å²) in [5.74, 6) is 2.49. The van der Waals surface area contributed by atoms with Gasteiger partial charge in [0.1, 0.15) is 12.1 Å². The van der Waals surface area contributed by atoms with E-state index >= 15 is 0 Å². The summed E-state index contributed by atoms with van der Waals surface area (Å²) in [5.41, 5.74) is 14.8. The van der Waals surface area contributed by atoms with Crippen molar-refractivity contribution in [2.75, 3.05) is 105 Å². The first-order valence-electron chi connectivity index (χ1n) is 47.5. The van der Waals surface area contributed by atoms with E-state index in [9.17, 15) is 27.2 Å². The first-order valence-corrected chi connectivity index (χ1v) is 48.2. The van der Waals surface area contributed by atoms with Crippen molar-refractivity contribution >= 4 is 137 Å². The Bertz CT molecular complexity index is 7300. The van der Waals surface area contributed by atoms with Gasteiger partial charge in [-0.1, -0.05) is 195 Å². The van der Waals surface area contributed by atoms with Gasteiger partial charge in [-0.3, -0.25) is 9.59 Å². The van der Waals surface area contributed by atoms with Crippen LogP contribution in [0.15, 0.2) is 245 Å². The number of halogens is 6. The number of nitrogens with zero attached hydrogens (tertiary/aromatic N) is 27. The van der Waals surface area contributed by atoms with Gasteiger partial charge in [-0.25, -0.2) is 29.9 Å². The van der Waals surface area contributed by atoms with Crippen LogP contribution in [0.2, 0.25) is 10.6 Å². The van der Waals surface area contributed by atoms with Crippen molar-refractivity contribution in [3.63, 3.8) is 0 Å². The number of rotatable bonds is 24. The lowest BCUT2D eigenvalue weighted by Gasteiger charge is -2.13. The van der Waals surface area contributed by atoms with Crippen molar-refractivity contribution in [3.05, 3.63) is 313 Å². The molecule has 0 saturated carbocycles. The molecule has 6 aliphatic rings. The summed E-state index contributed by atoms with van der Waals surface area (Å²) in [4.78, 5) is 105. The number of benzene rings is 6. The molecule has 6 saturated heterocycles. The van der Waals surface area contributed by atoms with Gasteiger partial charge in [0.25, 0.3) is 0 Å². The van der Waals surface area contributed by atoms with Crippen LogP contribution in [0.5, 0.6) is 0 Å². The van der Waals surface area contributed by atoms with Gasteiger partial charge in [-0.2, -0.15) is 77.4 Å². The van der Waals surface area contributed by atoms with Crippen molar-refractivity contribution in [1.82, 2.24) is 148 Å². The Kier molecular flexibility index (Phi) is 30.4. The van der Waals surface area contributed by atoms with E-state index < -0.39 is 36.4 Å². The zero-order chi connectivity index (χ0) is 100.0. The molecule has 742 valence electrons. The Balaban J connectivity index is 0.000000110. The molecule has 145 heavy (non-hydrogen) atoms. The number of imidazole rings is 6. The highest BCUT2D eigenvalue weighted by Gasteiger charge is 2.37. The van der Waals surface area contributed by atoms with Crippen molar-refractivity contribution in [3.8, 4) is 0 Å². The number of likely N-dealkylation sites (N-methyl/N-ethyl adjacent to an activating group) is 3. The molecule has 18 heterocycles. The summed E-state index contributed by atoms with van der Waals surface area (Å²) < 4.78 is 67.0. The summed E-state index contributed by atoms with van der Waals surface area (Å²) >= 11 is 12.3. The van der Waals surface area contributed by atoms with Crippen LogP contribution < -0.4 is 47.9 Å². The predicted octanol–water partition coefficient (Wildman–Crippen LogP) is 14.8. The maximum absolute atomic E-state index is 14.0. The van der Waals surface area contributed by atoms with Gasteiger partial charge in [-0.05, 0) is 123 Å². The number of carbonyl (C=O) groups excluding carboxylic acids is 2. The average molecular weight is 2000 g/mol. The largest absolute Gasteiger partial charge is 0.364 e. The van der Waals surface area contributed by atoms with Crippen molar-refractivity contribution in [2.24, 2.45) is 0 Å². The summed E-state index contributed by atoms with van der Waals surface area (Å²) in [6.45, 7) is 18.8. The topological polar surface area (TPSA) is 414 Å². The van der Waals surface area contributed by atoms with Gasteiger partial charge < -0.3 is 90.0 Å². The minimum Gasteiger partial charge on any atom is -0.364 e. The molecule has 6 unspecified atom stereocenters. The van der Waals surface area contributed by atoms with E-state index in [4.69, 9.17) is 23.2 Å². The van der Waals surface area contributed by atoms with Crippen LogP contribution >= 0.6 is 23.2 Å². The number of allylic oxidation sites excluding steroid dienone is 2. The zero-order valence-corrected chi connectivity index (χ0v) is 81.0. The molecule has 0 aliphatic carbocycles. The summed E-state index contributed by atoms with van der Waals surface area (Å²) in [5, 5.41) is 29.0. The minimum absolute atomic E-state index is 0.118. The van der Waals surface area contributed by atoms with Crippen LogP contribution in [0.3, 0.4) is 0 Å². The van der Waals surface area contributed by atoms with Crippen LogP contribution in [-0.2, 0) is 48.9 Å². The van der Waals surface area contributed by atoms with Crippen molar-refractivity contribution < 1.29 is 27.2 Å². The monoisotopic (exact) mass is 2000 g/mol. The second-order valence-corrected chi connectivity index (χ2v) is 36.4. The lowest BCUT2D eigenvalue weighted by Crippen LogP contribution is -2.23. The lowest BCUT2D eigenvalue weighted by molar-refractivity contribution is -0.128. The number of hydrogen-bond acceptors (Lipinski definition) is 30. The number of fused-ring (bicyclic) bond motifs is 6. The highest BCUT2D eigenvalue weighted by Crippen LogP contribution is 2.37. The summed E-state index contributed by atoms with van der Waals surface area (Å²) in [6, 6.07) is 59.8. The van der Waals surface area contributed by atoms with Crippen molar-refractivity contribution in [1.29, 1.82) is 0 Å². The van der Waals surface area contributed by atoms with Gasteiger partial charge in [0.2, 0.25) is 22.4 Å². The third kappa shape index (κ3) is 23.2. The van der Waals surface area contributed by atoms with E-state index in [1.165, 1.54) is 28.7 Å². The molecule has 6 aliphatic heterocycles. The maximum atomic E-state index is 14.0. The Morgan fingerprint density at radius 2 is 0.607 bits per heavy atom. The maximum Gasteiger partial charge on any atom is 0.312 e. The number of carbonyl (C=O) groups is 2. The molecule has 0 spiro atoms. The molecule has 6 atom stereocenters. The number of likely N-dealkylation sites (tertiary alicyclic amines) is 3. The fourth-order valence-corrected chi connectivity index (χ4v) is 18.6. The van der Waals surface area contributed by atoms with Gasteiger partial charge in [0.15, 0.2) is 102 Å². The van der Waals surface area contributed by atoms with Crippen molar-refractivity contribution in [2.45, 2.75) is 114 Å². The lowest BCUT2D eigenvalue weighted by atomic mass is 10.2. The number of hydrogen-bond donors (Lipinski definition) is 9. The second kappa shape index (κ2) is 45.1. The quantitative estimate of drug-likeness (QED) is 0.0200. The normalized spacial score (nSPS) is 17.7. The van der Waals surface area contributed by atoms with E-state index in [1.54, 1.807) is 28.8 Å². The Morgan fingerprint density at radius 1 is 0.338 bits per heavy atom. The molecular weight excluding hydrogens is 1900 g/mol. The number of amides is 2. The Hall–Kier alpha value is -16.0. The first-order chi connectivity index (χ1) is 70.7.